The highest BCUT2D eigenvalue weighted by Gasteiger charge is 2.26. The van der Waals surface area contributed by atoms with Crippen LogP contribution in [-0.2, 0) is 4.74 Å². The van der Waals surface area contributed by atoms with Crippen molar-refractivity contribution in [2.45, 2.75) is 65.7 Å². The van der Waals surface area contributed by atoms with Gasteiger partial charge in [-0.3, -0.25) is 4.90 Å². The summed E-state index contributed by atoms with van der Waals surface area (Å²) in [7, 11) is 0. The lowest BCUT2D eigenvalue weighted by Gasteiger charge is -2.09. The third-order valence-corrected chi connectivity index (χ3v) is 3.96. The molecular weight excluding hydrogens is 236 g/mol. The van der Waals surface area contributed by atoms with Crippen LogP contribution in [0.2, 0.25) is 0 Å². The maximum absolute atomic E-state index is 5.83. The summed E-state index contributed by atoms with van der Waals surface area (Å²) in [5.41, 5.74) is 0. The van der Waals surface area contributed by atoms with Gasteiger partial charge in [-0.15, -0.1) is 0 Å². The first kappa shape index (κ1) is 16.5. The van der Waals surface area contributed by atoms with E-state index in [0.29, 0.717) is 0 Å². The molecule has 3 heteroatoms. The van der Waals surface area contributed by atoms with E-state index in [1.165, 1.54) is 50.9 Å². The van der Waals surface area contributed by atoms with Crippen LogP contribution in [0.25, 0.3) is 0 Å². The van der Waals surface area contributed by atoms with Gasteiger partial charge in [0.05, 0.1) is 13.2 Å². The van der Waals surface area contributed by atoms with E-state index in [2.05, 4.69) is 30.2 Å². The Morgan fingerprint density at radius 3 is 2.47 bits per heavy atom. The molecule has 1 heterocycles. The smallest absolute Gasteiger partial charge is 0.248 e. The van der Waals surface area contributed by atoms with Gasteiger partial charge in [-0.1, -0.05) is 46.0 Å². The van der Waals surface area contributed by atoms with Crippen LogP contribution in [0.4, 0.5) is 0 Å². The Morgan fingerprint density at radius 1 is 1.05 bits per heavy atom. The zero-order valence-electron chi connectivity index (χ0n) is 13.3. The second kappa shape index (κ2) is 10.2. The van der Waals surface area contributed by atoms with Crippen LogP contribution in [0, 0.1) is 0 Å². The lowest BCUT2D eigenvalue weighted by atomic mass is 10.1. The number of rotatable bonds is 11. The fraction of sp³-hybridized carbons (Fsp3) is 0.938. The molecule has 0 N–H and O–H groups in total. The number of hydrogen-bond donors (Lipinski definition) is 0. The van der Waals surface area contributed by atoms with Crippen molar-refractivity contribution in [2.24, 2.45) is 0 Å². The average Bonchev–Trinajstić information content (AvgIpc) is 2.83. The molecule has 0 saturated heterocycles. The first-order valence-corrected chi connectivity index (χ1v) is 8.26. The maximum Gasteiger partial charge on any atom is 0.248 e. The zero-order valence-corrected chi connectivity index (χ0v) is 13.3. The predicted octanol–water partition coefficient (Wildman–Crippen LogP) is 3.48. The van der Waals surface area contributed by atoms with Gasteiger partial charge in [0, 0.05) is 6.42 Å². The topological polar surface area (TPSA) is 15.5 Å². The molecule has 0 fully saturated rings. The SMILES string of the molecule is CCCCCCCCOC[N+]1=C(CC)N(CC)CC1. The number of likely N-dealkylation sites (N-methyl/N-ethyl adjacent to an activating group) is 1. The molecule has 112 valence electrons. The molecule has 0 unspecified atom stereocenters. The van der Waals surface area contributed by atoms with E-state index < -0.39 is 0 Å². The van der Waals surface area contributed by atoms with Crippen LogP contribution >= 0.6 is 0 Å². The second-order valence-corrected chi connectivity index (χ2v) is 5.42. The van der Waals surface area contributed by atoms with E-state index in [9.17, 15) is 0 Å². The van der Waals surface area contributed by atoms with Gasteiger partial charge in [0.25, 0.3) is 0 Å². The van der Waals surface area contributed by atoms with Crippen molar-refractivity contribution in [3.8, 4) is 0 Å². The second-order valence-electron chi connectivity index (χ2n) is 5.42. The minimum Gasteiger partial charge on any atom is -0.342 e. The third kappa shape index (κ3) is 5.94. The lowest BCUT2D eigenvalue weighted by Crippen LogP contribution is -2.29. The molecular formula is C16H33N2O+. The third-order valence-electron chi connectivity index (χ3n) is 3.96. The summed E-state index contributed by atoms with van der Waals surface area (Å²) < 4.78 is 8.23. The Balaban J connectivity index is 2.08. The van der Waals surface area contributed by atoms with Crippen LogP contribution in [0.1, 0.15) is 65.7 Å². The number of nitrogens with zero attached hydrogens (tertiary/aromatic N) is 2. The Morgan fingerprint density at radius 2 is 1.79 bits per heavy atom. The molecule has 0 atom stereocenters. The number of unbranched alkanes of at least 4 members (excludes halogenated alkanes) is 5. The van der Waals surface area contributed by atoms with E-state index in [1.807, 2.05) is 0 Å². The Hall–Kier alpha value is -0.570. The van der Waals surface area contributed by atoms with Crippen molar-refractivity contribution in [1.82, 2.24) is 4.90 Å². The van der Waals surface area contributed by atoms with Gasteiger partial charge in [0.2, 0.25) is 5.84 Å². The highest BCUT2D eigenvalue weighted by Crippen LogP contribution is 2.07. The molecule has 0 aromatic carbocycles. The lowest BCUT2D eigenvalue weighted by molar-refractivity contribution is -0.560. The Labute approximate surface area is 119 Å². The fourth-order valence-electron chi connectivity index (χ4n) is 2.79. The fourth-order valence-corrected chi connectivity index (χ4v) is 2.79. The Kier molecular flexibility index (Phi) is 8.89. The standard InChI is InChI=1S/C16H33N2O/c1-4-7-8-9-10-11-14-19-15-18-13-12-17(6-3)16(18)5-2/h4-15H2,1-3H3/q+1. The van der Waals surface area contributed by atoms with E-state index in [-0.39, 0.29) is 0 Å². The van der Waals surface area contributed by atoms with E-state index in [0.717, 1.165) is 32.8 Å². The average molecular weight is 269 g/mol. The zero-order chi connectivity index (χ0) is 13.9. The van der Waals surface area contributed by atoms with Crippen molar-refractivity contribution in [2.75, 3.05) is 33.0 Å². The van der Waals surface area contributed by atoms with Gasteiger partial charge in [0.15, 0.2) is 6.73 Å². The summed E-state index contributed by atoms with van der Waals surface area (Å²) in [5, 5.41) is 0. The van der Waals surface area contributed by atoms with E-state index in [4.69, 9.17) is 4.74 Å². The van der Waals surface area contributed by atoms with Gasteiger partial charge >= 0.3 is 0 Å². The molecule has 0 spiro atoms. The molecule has 0 radical (unpaired) electrons. The first-order chi connectivity index (χ1) is 9.33. The summed E-state index contributed by atoms with van der Waals surface area (Å²) in [5.74, 6) is 1.46. The largest absolute Gasteiger partial charge is 0.342 e. The molecule has 1 aliphatic rings. The van der Waals surface area contributed by atoms with Crippen LogP contribution in [0.15, 0.2) is 0 Å². The van der Waals surface area contributed by atoms with Gasteiger partial charge in [-0.2, -0.15) is 0 Å². The molecule has 0 amide bonds. The molecule has 3 nitrogen and oxygen atoms in total. The number of amidine groups is 1. The molecule has 0 aromatic rings. The highest BCUT2D eigenvalue weighted by atomic mass is 16.5. The normalized spacial score (nSPS) is 15.6. The molecule has 0 bridgehead atoms. The van der Waals surface area contributed by atoms with Crippen molar-refractivity contribution in [3.05, 3.63) is 0 Å². The minimum atomic E-state index is 0.786. The van der Waals surface area contributed by atoms with Crippen molar-refractivity contribution >= 4 is 5.84 Å². The quantitative estimate of drug-likeness (QED) is 0.421. The van der Waals surface area contributed by atoms with Crippen LogP contribution < -0.4 is 0 Å². The summed E-state index contributed by atoms with van der Waals surface area (Å²) in [4.78, 5) is 2.47. The van der Waals surface area contributed by atoms with Gasteiger partial charge in [-0.25, -0.2) is 4.58 Å². The summed E-state index contributed by atoms with van der Waals surface area (Å²) >= 11 is 0. The van der Waals surface area contributed by atoms with Crippen LogP contribution in [0.3, 0.4) is 0 Å². The highest BCUT2D eigenvalue weighted by molar-refractivity contribution is 5.78. The molecule has 19 heavy (non-hydrogen) atoms. The van der Waals surface area contributed by atoms with Crippen LogP contribution in [0.5, 0.6) is 0 Å². The summed E-state index contributed by atoms with van der Waals surface area (Å²) in [6.45, 7) is 11.9. The van der Waals surface area contributed by atoms with Crippen LogP contribution in [-0.4, -0.2) is 48.3 Å². The molecule has 1 rings (SSSR count). The summed E-state index contributed by atoms with van der Waals surface area (Å²) in [6, 6.07) is 0. The molecule has 0 aromatic heterocycles. The predicted molar refractivity (Wildman–Crippen MR) is 81.9 cm³/mol. The monoisotopic (exact) mass is 269 g/mol. The van der Waals surface area contributed by atoms with Gasteiger partial charge < -0.3 is 4.74 Å². The number of ether oxygens (including phenoxy) is 1. The Bertz CT molecular complexity index is 263. The van der Waals surface area contributed by atoms with Crippen molar-refractivity contribution < 1.29 is 9.31 Å². The maximum atomic E-state index is 5.83. The molecule has 1 aliphatic heterocycles. The number of hydrogen-bond acceptors (Lipinski definition) is 2. The first-order valence-electron chi connectivity index (χ1n) is 8.26. The van der Waals surface area contributed by atoms with Crippen molar-refractivity contribution in [3.63, 3.8) is 0 Å². The van der Waals surface area contributed by atoms with Gasteiger partial charge in [-0.05, 0) is 13.3 Å². The molecule has 0 saturated carbocycles. The van der Waals surface area contributed by atoms with Crippen molar-refractivity contribution in [1.29, 1.82) is 0 Å². The van der Waals surface area contributed by atoms with Gasteiger partial charge in [0.1, 0.15) is 13.1 Å². The van der Waals surface area contributed by atoms with E-state index >= 15 is 0 Å². The van der Waals surface area contributed by atoms with E-state index in [1.54, 1.807) is 0 Å². The summed E-state index contributed by atoms with van der Waals surface area (Å²) in [6.07, 6.45) is 9.14. The minimum absolute atomic E-state index is 0.786. The molecule has 0 aliphatic carbocycles.